The van der Waals surface area contributed by atoms with E-state index in [0.29, 0.717) is 29.8 Å². The maximum atomic E-state index is 5.81. The molecule has 0 radical (unpaired) electrons. The molecule has 0 bridgehead atoms. The molecule has 132 valence electrons. The number of nitrogens with one attached hydrogen (secondary N) is 1. The fraction of sp³-hybridized carbons (Fsp3) is 0.562. The van der Waals surface area contributed by atoms with E-state index >= 15 is 0 Å². The van der Waals surface area contributed by atoms with E-state index in [9.17, 15) is 0 Å². The van der Waals surface area contributed by atoms with Crippen molar-refractivity contribution in [2.24, 2.45) is 10.7 Å². The van der Waals surface area contributed by atoms with Crippen LogP contribution in [0.2, 0.25) is 0 Å². The number of methoxy groups -OCH3 is 3. The third kappa shape index (κ3) is 6.72. The molecule has 0 saturated heterocycles. The van der Waals surface area contributed by atoms with Crippen molar-refractivity contribution in [3.63, 3.8) is 0 Å². The minimum absolute atomic E-state index is 0. The van der Waals surface area contributed by atoms with Crippen LogP contribution in [0.15, 0.2) is 17.1 Å². The van der Waals surface area contributed by atoms with Gasteiger partial charge in [0.25, 0.3) is 0 Å². The highest BCUT2D eigenvalue weighted by Gasteiger charge is 2.15. The van der Waals surface area contributed by atoms with Gasteiger partial charge in [-0.05, 0) is 18.9 Å². The molecule has 0 aliphatic carbocycles. The minimum Gasteiger partial charge on any atom is -0.493 e. The summed E-state index contributed by atoms with van der Waals surface area (Å²) >= 11 is 0. The van der Waals surface area contributed by atoms with Crippen LogP contribution in [0.4, 0.5) is 0 Å². The number of hydrogen-bond acceptors (Lipinski definition) is 4. The first-order chi connectivity index (χ1) is 10.7. The standard InChI is InChI=1S/C16H27N3O3.HI/c1-5-6-10-18-16(17)19-11-9-12-7-8-13(20-2)15(22-4)14(12)21-3;/h7-8H,5-6,9-11H2,1-4H3,(H3,17,18,19);1H. The van der Waals surface area contributed by atoms with Gasteiger partial charge in [0, 0.05) is 18.7 Å². The van der Waals surface area contributed by atoms with E-state index in [2.05, 4.69) is 17.2 Å². The van der Waals surface area contributed by atoms with E-state index in [1.54, 1.807) is 21.3 Å². The van der Waals surface area contributed by atoms with Crippen molar-refractivity contribution >= 4 is 29.9 Å². The monoisotopic (exact) mass is 437 g/mol. The van der Waals surface area contributed by atoms with Gasteiger partial charge < -0.3 is 25.3 Å². The highest BCUT2D eigenvalue weighted by molar-refractivity contribution is 14.0. The van der Waals surface area contributed by atoms with Crippen LogP contribution in [-0.2, 0) is 6.42 Å². The zero-order chi connectivity index (χ0) is 16.4. The fourth-order valence-electron chi connectivity index (χ4n) is 2.10. The van der Waals surface area contributed by atoms with E-state index in [4.69, 9.17) is 19.9 Å². The Hall–Kier alpha value is -1.38. The molecule has 7 heteroatoms. The molecule has 0 saturated carbocycles. The van der Waals surface area contributed by atoms with E-state index in [0.717, 1.165) is 31.4 Å². The van der Waals surface area contributed by atoms with Crippen molar-refractivity contribution in [2.75, 3.05) is 34.4 Å². The van der Waals surface area contributed by atoms with Crippen LogP contribution in [-0.4, -0.2) is 40.4 Å². The Morgan fingerprint density at radius 2 is 1.83 bits per heavy atom. The number of benzene rings is 1. The number of halogens is 1. The highest BCUT2D eigenvalue weighted by Crippen LogP contribution is 2.39. The molecule has 0 atom stereocenters. The molecule has 0 aromatic heterocycles. The highest BCUT2D eigenvalue weighted by atomic mass is 127. The normalized spacial score (nSPS) is 10.7. The third-order valence-corrected chi connectivity index (χ3v) is 3.28. The van der Waals surface area contributed by atoms with Crippen LogP contribution in [0.25, 0.3) is 0 Å². The smallest absolute Gasteiger partial charge is 0.203 e. The summed E-state index contributed by atoms with van der Waals surface area (Å²) in [6.07, 6.45) is 2.90. The Balaban J connectivity index is 0.00000484. The molecule has 1 aromatic rings. The van der Waals surface area contributed by atoms with Gasteiger partial charge in [-0.3, -0.25) is 4.99 Å². The van der Waals surface area contributed by atoms with Gasteiger partial charge >= 0.3 is 0 Å². The van der Waals surface area contributed by atoms with Gasteiger partial charge in [-0.2, -0.15) is 0 Å². The van der Waals surface area contributed by atoms with Gasteiger partial charge in [-0.1, -0.05) is 19.4 Å². The van der Waals surface area contributed by atoms with Crippen molar-refractivity contribution in [2.45, 2.75) is 26.2 Å². The lowest BCUT2D eigenvalue weighted by atomic mass is 10.1. The van der Waals surface area contributed by atoms with Crippen molar-refractivity contribution < 1.29 is 14.2 Å². The second-order valence-corrected chi connectivity index (χ2v) is 4.79. The SMILES string of the molecule is CCCCN=C(N)NCCc1ccc(OC)c(OC)c1OC.I. The van der Waals surface area contributed by atoms with Gasteiger partial charge in [0.2, 0.25) is 5.75 Å². The Labute approximate surface area is 155 Å². The number of nitrogens with two attached hydrogens (primary N) is 1. The van der Waals surface area contributed by atoms with Crippen LogP contribution in [0.5, 0.6) is 17.2 Å². The average molecular weight is 437 g/mol. The third-order valence-electron chi connectivity index (χ3n) is 3.28. The van der Waals surface area contributed by atoms with Gasteiger partial charge in [-0.15, -0.1) is 24.0 Å². The van der Waals surface area contributed by atoms with E-state index in [-0.39, 0.29) is 24.0 Å². The van der Waals surface area contributed by atoms with E-state index in [1.165, 1.54) is 0 Å². The number of unbranched alkanes of at least 4 members (excludes halogenated alkanes) is 1. The van der Waals surface area contributed by atoms with Crippen molar-refractivity contribution in [3.8, 4) is 17.2 Å². The summed E-state index contributed by atoms with van der Waals surface area (Å²) < 4.78 is 16.1. The molecule has 0 heterocycles. The molecule has 6 nitrogen and oxygen atoms in total. The fourth-order valence-corrected chi connectivity index (χ4v) is 2.10. The molecule has 0 spiro atoms. The van der Waals surface area contributed by atoms with Crippen LogP contribution in [0, 0.1) is 0 Å². The van der Waals surface area contributed by atoms with Crippen molar-refractivity contribution in [3.05, 3.63) is 17.7 Å². The zero-order valence-corrected chi connectivity index (χ0v) is 16.7. The molecule has 3 N–H and O–H groups in total. The largest absolute Gasteiger partial charge is 0.493 e. The number of nitrogens with zero attached hydrogens (tertiary/aromatic N) is 1. The van der Waals surface area contributed by atoms with Gasteiger partial charge in [0.1, 0.15) is 0 Å². The number of guanidine groups is 1. The summed E-state index contributed by atoms with van der Waals surface area (Å²) in [4.78, 5) is 4.26. The lowest BCUT2D eigenvalue weighted by Crippen LogP contribution is -2.33. The second kappa shape index (κ2) is 12.1. The summed E-state index contributed by atoms with van der Waals surface area (Å²) in [6.45, 7) is 3.56. The van der Waals surface area contributed by atoms with Gasteiger partial charge in [0.05, 0.1) is 21.3 Å². The lowest BCUT2D eigenvalue weighted by molar-refractivity contribution is 0.322. The van der Waals surface area contributed by atoms with E-state index in [1.807, 2.05) is 12.1 Å². The molecule has 0 aliphatic heterocycles. The second-order valence-electron chi connectivity index (χ2n) is 4.79. The molecular weight excluding hydrogens is 409 g/mol. The molecule has 0 aliphatic rings. The molecule has 1 rings (SSSR count). The first-order valence-electron chi connectivity index (χ1n) is 7.49. The zero-order valence-electron chi connectivity index (χ0n) is 14.3. The van der Waals surface area contributed by atoms with Crippen LogP contribution < -0.4 is 25.3 Å². The Bertz CT molecular complexity index is 496. The molecule has 0 unspecified atom stereocenters. The Kier molecular flexibility index (Phi) is 11.4. The Morgan fingerprint density at radius 1 is 1.13 bits per heavy atom. The molecule has 23 heavy (non-hydrogen) atoms. The van der Waals surface area contributed by atoms with Gasteiger partial charge in [-0.25, -0.2) is 0 Å². The summed E-state index contributed by atoms with van der Waals surface area (Å²) in [5.41, 5.74) is 6.84. The molecule has 0 fully saturated rings. The van der Waals surface area contributed by atoms with Crippen molar-refractivity contribution in [1.82, 2.24) is 5.32 Å². The predicted octanol–water partition coefficient (Wildman–Crippen LogP) is 2.58. The molecule has 0 amide bonds. The topological polar surface area (TPSA) is 78.1 Å². The average Bonchev–Trinajstić information content (AvgIpc) is 2.54. The van der Waals surface area contributed by atoms with Crippen molar-refractivity contribution in [1.29, 1.82) is 0 Å². The van der Waals surface area contributed by atoms with E-state index < -0.39 is 0 Å². The Morgan fingerprint density at radius 3 is 2.39 bits per heavy atom. The number of ether oxygens (including phenoxy) is 3. The maximum Gasteiger partial charge on any atom is 0.203 e. The first-order valence-corrected chi connectivity index (χ1v) is 7.49. The number of hydrogen-bond donors (Lipinski definition) is 2. The quantitative estimate of drug-likeness (QED) is 0.269. The molecule has 1 aromatic carbocycles. The number of aliphatic imine (C=N–C) groups is 1. The molecular formula is C16H28IN3O3. The van der Waals surface area contributed by atoms with Crippen LogP contribution in [0.1, 0.15) is 25.3 Å². The predicted molar refractivity (Wildman–Crippen MR) is 105 cm³/mol. The summed E-state index contributed by atoms with van der Waals surface area (Å²) in [7, 11) is 4.82. The lowest BCUT2D eigenvalue weighted by Gasteiger charge is -2.16. The van der Waals surface area contributed by atoms with Crippen LogP contribution in [0.3, 0.4) is 0 Å². The summed E-state index contributed by atoms with van der Waals surface area (Å²) in [5, 5.41) is 3.11. The number of rotatable bonds is 9. The summed E-state index contributed by atoms with van der Waals surface area (Å²) in [5.74, 6) is 2.42. The van der Waals surface area contributed by atoms with Crippen LogP contribution >= 0.6 is 24.0 Å². The summed E-state index contributed by atoms with van der Waals surface area (Å²) in [6, 6.07) is 3.83. The maximum absolute atomic E-state index is 5.81. The minimum atomic E-state index is 0. The van der Waals surface area contributed by atoms with Gasteiger partial charge in [0.15, 0.2) is 17.5 Å². The first kappa shape index (κ1) is 21.6.